The molecule has 2 aliphatic rings. The van der Waals surface area contributed by atoms with Crippen molar-refractivity contribution in [3.63, 3.8) is 0 Å². The van der Waals surface area contributed by atoms with Crippen molar-refractivity contribution in [3.8, 4) is 0 Å². The first kappa shape index (κ1) is 18.1. The molecule has 0 bridgehead atoms. The molecule has 0 saturated heterocycles. The maximum Gasteiger partial charge on any atom is 0.282 e. The van der Waals surface area contributed by atoms with E-state index in [1.54, 1.807) is 6.92 Å². The summed E-state index contributed by atoms with van der Waals surface area (Å²) < 4.78 is 27.0. The molecule has 6 heteroatoms. The Morgan fingerprint density at radius 3 is 2.59 bits per heavy atom. The maximum absolute atomic E-state index is 12.8. The van der Waals surface area contributed by atoms with Gasteiger partial charge in [-0.1, -0.05) is 43.2 Å². The number of hydrogen-bond acceptors (Lipinski definition) is 2. The molecular formula is C21H25F2N3O. The van der Waals surface area contributed by atoms with Crippen LogP contribution in [0.4, 0.5) is 8.78 Å². The van der Waals surface area contributed by atoms with E-state index in [1.807, 2.05) is 18.2 Å². The zero-order valence-corrected chi connectivity index (χ0v) is 15.4. The summed E-state index contributed by atoms with van der Waals surface area (Å²) in [4.78, 5) is 12.6. The quantitative estimate of drug-likeness (QED) is 0.853. The minimum absolute atomic E-state index is 0.0199. The van der Waals surface area contributed by atoms with Crippen molar-refractivity contribution in [2.24, 2.45) is 11.8 Å². The van der Waals surface area contributed by atoms with Crippen molar-refractivity contribution >= 4 is 5.91 Å². The van der Waals surface area contributed by atoms with Crippen LogP contribution in [0, 0.1) is 18.8 Å². The van der Waals surface area contributed by atoms with Gasteiger partial charge in [0.15, 0.2) is 0 Å². The normalized spacial score (nSPS) is 27.1. The number of benzene rings is 1. The van der Waals surface area contributed by atoms with Crippen molar-refractivity contribution < 1.29 is 13.6 Å². The second-order valence-corrected chi connectivity index (χ2v) is 7.81. The van der Waals surface area contributed by atoms with E-state index in [9.17, 15) is 13.6 Å². The largest absolute Gasteiger partial charge is 0.351 e. The van der Waals surface area contributed by atoms with Crippen LogP contribution < -0.4 is 5.32 Å². The van der Waals surface area contributed by atoms with Crippen molar-refractivity contribution in [3.05, 3.63) is 53.3 Å². The van der Waals surface area contributed by atoms with Crippen molar-refractivity contribution in [1.29, 1.82) is 0 Å². The van der Waals surface area contributed by atoms with Gasteiger partial charge in [0, 0.05) is 17.7 Å². The number of alkyl halides is 2. The van der Waals surface area contributed by atoms with Crippen LogP contribution in [0.5, 0.6) is 0 Å². The van der Waals surface area contributed by atoms with Gasteiger partial charge in [0.25, 0.3) is 6.43 Å². The van der Waals surface area contributed by atoms with Crippen LogP contribution in [-0.2, 0) is 11.3 Å². The Morgan fingerprint density at radius 2 is 1.93 bits per heavy atom. The molecule has 1 heterocycles. The number of aromatic nitrogens is 2. The average molecular weight is 373 g/mol. The fraction of sp³-hybridized carbons (Fsp3) is 0.524. The topological polar surface area (TPSA) is 46.9 Å². The maximum atomic E-state index is 12.8. The number of aryl methyl sites for hydroxylation is 1. The molecule has 2 aromatic rings. The first-order valence-corrected chi connectivity index (χ1v) is 9.71. The van der Waals surface area contributed by atoms with E-state index in [1.165, 1.54) is 35.6 Å². The molecule has 2 aliphatic carbocycles. The third kappa shape index (κ3) is 3.49. The van der Waals surface area contributed by atoms with E-state index >= 15 is 0 Å². The van der Waals surface area contributed by atoms with Gasteiger partial charge in [0.1, 0.15) is 12.2 Å². The first-order valence-electron chi connectivity index (χ1n) is 9.71. The number of fused-ring (bicyclic) bond motifs is 1. The zero-order chi connectivity index (χ0) is 19.0. The predicted molar refractivity (Wildman–Crippen MR) is 98.5 cm³/mol. The molecular weight excluding hydrogens is 348 g/mol. The highest BCUT2D eigenvalue weighted by atomic mass is 19.3. The van der Waals surface area contributed by atoms with Gasteiger partial charge in [-0.15, -0.1) is 0 Å². The Morgan fingerprint density at radius 1 is 1.22 bits per heavy atom. The highest BCUT2D eigenvalue weighted by Crippen LogP contribution is 2.54. The molecule has 4 rings (SSSR count). The van der Waals surface area contributed by atoms with Crippen LogP contribution >= 0.6 is 0 Å². The van der Waals surface area contributed by atoms with Gasteiger partial charge in [-0.3, -0.25) is 9.48 Å². The lowest BCUT2D eigenvalue weighted by Gasteiger charge is -2.55. The monoisotopic (exact) mass is 373 g/mol. The van der Waals surface area contributed by atoms with E-state index in [0.29, 0.717) is 23.4 Å². The fourth-order valence-electron chi connectivity index (χ4n) is 4.96. The molecule has 2 fully saturated rings. The lowest BCUT2D eigenvalue weighted by molar-refractivity contribution is -0.125. The summed E-state index contributed by atoms with van der Waals surface area (Å²) in [6.07, 6.45) is 2.21. The average Bonchev–Trinajstić information content (AvgIpc) is 3.02. The standard InChI is InChI=1S/C21H25F2N3O/c1-13-11-17(21(22)23)25-26(13)12-18(27)24-20-16-10-6-5-9-15(16)19(20)14-7-3-2-4-8-14/h2-4,7-8,11,15-16,19-21H,5-6,9-10,12H2,1H3,(H,24,27)/t15-,16-,19+,20+/m1/s1. The summed E-state index contributed by atoms with van der Waals surface area (Å²) in [7, 11) is 0. The van der Waals surface area contributed by atoms with Crippen LogP contribution in [0.25, 0.3) is 0 Å². The zero-order valence-electron chi connectivity index (χ0n) is 15.4. The lowest BCUT2D eigenvalue weighted by atomic mass is 9.53. The number of hydrogen-bond donors (Lipinski definition) is 1. The highest BCUT2D eigenvalue weighted by molar-refractivity contribution is 5.76. The van der Waals surface area contributed by atoms with Crippen molar-refractivity contribution in [1.82, 2.24) is 15.1 Å². The molecule has 4 atom stereocenters. The van der Waals surface area contributed by atoms with Crippen LogP contribution in [0.2, 0.25) is 0 Å². The van der Waals surface area contributed by atoms with E-state index < -0.39 is 6.43 Å². The van der Waals surface area contributed by atoms with Gasteiger partial charge in [0.05, 0.1) is 0 Å². The molecule has 144 valence electrons. The minimum Gasteiger partial charge on any atom is -0.351 e. The Kier molecular flexibility index (Phi) is 4.98. The third-order valence-corrected chi connectivity index (χ3v) is 6.21. The second kappa shape index (κ2) is 7.41. The third-order valence-electron chi connectivity index (χ3n) is 6.21. The van der Waals surface area contributed by atoms with Gasteiger partial charge >= 0.3 is 0 Å². The number of amides is 1. The first-order chi connectivity index (χ1) is 13.0. The van der Waals surface area contributed by atoms with E-state index in [0.717, 1.165) is 6.42 Å². The molecule has 27 heavy (non-hydrogen) atoms. The fourth-order valence-corrected chi connectivity index (χ4v) is 4.96. The molecule has 0 spiro atoms. The Hall–Kier alpha value is -2.24. The summed E-state index contributed by atoms with van der Waals surface area (Å²) in [6, 6.07) is 11.8. The van der Waals surface area contributed by atoms with Crippen LogP contribution in [-0.4, -0.2) is 21.7 Å². The van der Waals surface area contributed by atoms with E-state index in [2.05, 4.69) is 22.5 Å². The Labute approximate surface area is 158 Å². The molecule has 0 aliphatic heterocycles. The van der Waals surface area contributed by atoms with E-state index in [4.69, 9.17) is 0 Å². The van der Waals surface area contributed by atoms with E-state index in [-0.39, 0.29) is 24.2 Å². The predicted octanol–water partition coefficient (Wildman–Crippen LogP) is 4.22. The molecule has 0 unspecified atom stereocenters. The number of carbonyl (C=O) groups excluding carboxylic acids is 1. The van der Waals surface area contributed by atoms with Crippen molar-refractivity contribution in [2.75, 3.05) is 0 Å². The Bertz CT molecular complexity index is 805. The minimum atomic E-state index is -2.62. The van der Waals surface area contributed by atoms with Gasteiger partial charge in [0.2, 0.25) is 5.91 Å². The summed E-state index contributed by atoms with van der Waals surface area (Å²) >= 11 is 0. The number of carbonyl (C=O) groups is 1. The van der Waals surface area contributed by atoms with Gasteiger partial charge in [-0.2, -0.15) is 5.10 Å². The van der Waals surface area contributed by atoms with Crippen LogP contribution in [0.3, 0.4) is 0 Å². The van der Waals surface area contributed by atoms with Gasteiger partial charge in [-0.05, 0) is 43.2 Å². The molecule has 1 amide bonds. The smallest absolute Gasteiger partial charge is 0.282 e. The van der Waals surface area contributed by atoms with Gasteiger partial charge < -0.3 is 5.32 Å². The lowest BCUT2D eigenvalue weighted by Crippen LogP contribution is -2.59. The SMILES string of the molecule is Cc1cc(C(F)F)nn1CC(=O)N[C@H]1[C@@H]2CCCC[C@H]2[C@@H]1c1ccccc1. The number of rotatable bonds is 5. The van der Waals surface area contributed by atoms with Crippen LogP contribution in [0.1, 0.15) is 55.0 Å². The molecule has 0 radical (unpaired) electrons. The summed E-state index contributed by atoms with van der Waals surface area (Å²) in [5, 5.41) is 7.06. The summed E-state index contributed by atoms with van der Waals surface area (Å²) in [5.74, 6) is 1.33. The molecule has 1 N–H and O–H groups in total. The molecule has 1 aromatic heterocycles. The molecule has 4 nitrogen and oxygen atoms in total. The summed E-state index contributed by atoms with van der Waals surface area (Å²) in [5.41, 5.74) is 1.57. The summed E-state index contributed by atoms with van der Waals surface area (Å²) in [6.45, 7) is 1.67. The molecule has 1 aromatic carbocycles. The number of halogens is 2. The van der Waals surface area contributed by atoms with Crippen LogP contribution in [0.15, 0.2) is 36.4 Å². The second-order valence-electron chi connectivity index (χ2n) is 7.81. The molecule has 2 saturated carbocycles. The number of nitrogens with one attached hydrogen (secondary N) is 1. The van der Waals surface area contributed by atoms with Crippen molar-refractivity contribution in [2.45, 2.75) is 57.5 Å². The Balaban J connectivity index is 1.47. The van der Waals surface area contributed by atoms with Gasteiger partial charge in [-0.25, -0.2) is 8.78 Å². The number of nitrogens with zero attached hydrogens (tertiary/aromatic N) is 2. The highest BCUT2D eigenvalue weighted by Gasteiger charge is 2.51.